The van der Waals surface area contributed by atoms with Crippen LogP contribution in [-0.4, -0.2) is 36.3 Å². The fourth-order valence-corrected chi connectivity index (χ4v) is 5.75. The van der Waals surface area contributed by atoms with E-state index in [2.05, 4.69) is 46.9 Å². The van der Waals surface area contributed by atoms with E-state index < -0.39 is 0 Å². The minimum Gasteiger partial charge on any atom is -0.344 e. The summed E-state index contributed by atoms with van der Waals surface area (Å²) in [7, 11) is 0. The summed E-state index contributed by atoms with van der Waals surface area (Å²) in [5, 5.41) is 13.0. The lowest BCUT2D eigenvalue weighted by atomic mass is 10.0. The molecule has 38 heavy (non-hydrogen) atoms. The van der Waals surface area contributed by atoms with Crippen molar-refractivity contribution >= 4 is 40.0 Å². The summed E-state index contributed by atoms with van der Waals surface area (Å²) in [6, 6.07) is 13.9. The van der Waals surface area contributed by atoms with Gasteiger partial charge >= 0.3 is 0 Å². The van der Waals surface area contributed by atoms with Crippen molar-refractivity contribution < 1.29 is 9.59 Å². The zero-order valence-corrected chi connectivity index (χ0v) is 24.1. The first-order valence-electron chi connectivity index (χ1n) is 13.2. The van der Waals surface area contributed by atoms with Crippen LogP contribution in [0.5, 0.6) is 0 Å². The highest BCUT2D eigenvalue weighted by Crippen LogP contribution is 2.32. The number of nitrogens with one attached hydrogen (secondary N) is 1. The summed E-state index contributed by atoms with van der Waals surface area (Å²) in [4.78, 5) is 26.6. The predicted octanol–water partition coefficient (Wildman–Crippen LogP) is 6.38. The molecule has 0 fully saturated rings. The number of ketones is 1. The Hall–Kier alpha value is -3.39. The minimum absolute atomic E-state index is 0.0732. The van der Waals surface area contributed by atoms with Gasteiger partial charge in [-0.1, -0.05) is 49.9 Å². The SMILES string of the molecule is CCn1c(C)c(C(=O)C(C)Sc2nnc(CC(=O)Nc3ccc(C)c(C)c3)n2CC(C)C)c2ccccc21. The van der Waals surface area contributed by atoms with Crippen LogP contribution in [0.2, 0.25) is 0 Å². The zero-order valence-electron chi connectivity index (χ0n) is 23.3. The van der Waals surface area contributed by atoms with Gasteiger partial charge in [0.2, 0.25) is 5.91 Å². The Morgan fingerprint density at radius 2 is 1.71 bits per heavy atom. The van der Waals surface area contributed by atoms with Gasteiger partial charge in [0.1, 0.15) is 5.82 Å². The van der Waals surface area contributed by atoms with E-state index in [9.17, 15) is 9.59 Å². The van der Waals surface area contributed by atoms with Gasteiger partial charge in [0.15, 0.2) is 10.9 Å². The monoisotopic (exact) mass is 531 g/mol. The summed E-state index contributed by atoms with van der Waals surface area (Å²) >= 11 is 1.40. The summed E-state index contributed by atoms with van der Waals surface area (Å²) in [6.07, 6.45) is 0.110. The van der Waals surface area contributed by atoms with Crippen LogP contribution >= 0.6 is 11.8 Å². The van der Waals surface area contributed by atoms with Gasteiger partial charge < -0.3 is 14.5 Å². The number of anilines is 1. The Balaban J connectivity index is 1.56. The molecule has 0 spiro atoms. The van der Waals surface area contributed by atoms with Gasteiger partial charge in [-0.25, -0.2) is 0 Å². The normalized spacial score (nSPS) is 12.3. The van der Waals surface area contributed by atoms with Crippen molar-refractivity contribution in [2.75, 3.05) is 5.32 Å². The van der Waals surface area contributed by atoms with E-state index in [0.717, 1.165) is 40.0 Å². The fourth-order valence-electron chi connectivity index (χ4n) is 4.82. The average Bonchev–Trinajstić information content (AvgIpc) is 3.36. The molecule has 0 radical (unpaired) electrons. The van der Waals surface area contributed by atoms with Crippen LogP contribution in [-0.2, 0) is 24.3 Å². The molecule has 200 valence electrons. The molecule has 0 saturated carbocycles. The minimum atomic E-state index is -0.364. The molecule has 0 aliphatic rings. The number of benzene rings is 2. The van der Waals surface area contributed by atoms with Gasteiger partial charge in [0.25, 0.3) is 0 Å². The fraction of sp³-hybridized carbons (Fsp3) is 0.400. The van der Waals surface area contributed by atoms with Crippen LogP contribution in [0.25, 0.3) is 10.9 Å². The number of thioether (sulfide) groups is 1. The van der Waals surface area contributed by atoms with Gasteiger partial charge in [-0.05, 0) is 69.9 Å². The largest absolute Gasteiger partial charge is 0.344 e. The van der Waals surface area contributed by atoms with E-state index in [1.807, 2.05) is 68.7 Å². The number of para-hydroxylation sites is 1. The highest BCUT2D eigenvalue weighted by atomic mass is 32.2. The van der Waals surface area contributed by atoms with Gasteiger partial charge in [-0.2, -0.15) is 0 Å². The van der Waals surface area contributed by atoms with Crippen molar-refractivity contribution in [1.29, 1.82) is 0 Å². The third-order valence-electron chi connectivity index (χ3n) is 6.90. The molecule has 2 aromatic carbocycles. The third-order valence-corrected chi connectivity index (χ3v) is 7.98. The molecular formula is C30H37N5O2S. The molecule has 4 aromatic rings. The Morgan fingerprint density at radius 3 is 2.39 bits per heavy atom. The van der Waals surface area contributed by atoms with Crippen molar-refractivity contribution in [2.45, 2.75) is 78.4 Å². The quantitative estimate of drug-likeness (QED) is 0.190. The van der Waals surface area contributed by atoms with E-state index in [1.54, 1.807) is 0 Å². The molecule has 0 aliphatic heterocycles. The second-order valence-corrected chi connectivity index (χ2v) is 11.6. The van der Waals surface area contributed by atoms with Crippen LogP contribution < -0.4 is 5.32 Å². The molecule has 0 aliphatic carbocycles. The number of hydrogen-bond acceptors (Lipinski definition) is 5. The first-order chi connectivity index (χ1) is 18.1. The number of aromatic nitrogens is 4. The molecule has 2 heterocycles. The highest BCUT2D eigenvalue weighted by molar-refractivity contribution is 8.00. The van der Waals surface area contributed by atoms with E-state index in [0.29, 0.717) is 23.4 Å². The molecule has 0 saturated heterocycles. The summed E-state index contributed by atoms with van der Waals surface area (Å²) in [5.74, 6) is 0.849. The van der Waals surface area contributed by atoms with E-state index in [1.165, 1.54) is 17.3 Å². The summed E-state index contributed by atoms with van der Waals surface area (Å²) < 4.78 is 4.18. The lowest BCUT2D eigenvalue weighted by molar-refractivity contribution is -0.115. The van der Waals surface area contributed by atoms with Crippen molar-refractivity contribution in [2.24, 2.45) is 5.92 Å². The molecule has 2 aromatic heterocycles. The third kappa shape index (κ3) is 5.70. The van der Waals surface area contributed by atoms with Crippen molar-refractivity contribution in [1.82, 2.24) is 19.3 Å². The lowest BCUT2D eigenvalue weighted by Crippen LogP contribution is -2.20. The van der Waals surface area contributed by atoms with Crippen molar-refractivity contribution in [3.8, 4) is 0 Å². The van der Waals surface area contributed by atoms with Crippen LogP contribution in [0.1, 0.15) is 60.7 Å². The topological polar surface area (TPSA) is 81.8 Å². The number of hydrogen-bond donors (Lipinski definition) is 1. The van der Waals surface area contributed by atoms with E-state index in [4.69, 9.17) is 0 Å². The highest BCUT2D eigenvalue weighted by Gasteiger charge is 2.27. The molecule has 1 unspecified atom stereocenters. The number of rotatable bonds is 10. The van der Waals surface area contributed by atoms with Gasteiger partial charge in [-0.3, -0.25) is 9.59 Å². The van der Waals surface area contributed by atoms with Gasteiger partial charge in [0.05, 0.1) is 11.7 Å². The first-order valence-corrected chi connectivity index (χ1v) is 14.1. The number of carbonyl (C=O) groups is 2. The average molecular weight is 532 g/mol. The second kappa shape index (κ2) is 11.6. The maximum absolute atomic E-state index is 13.7. The standard InChI is InChI=1S/C30H37N5O2S/c1-8-34-21(6)28(24-11-9-10-12-25(24)34)29(37)22(7)38-30-33-32-26(35(30)17-18(2)3)16-27(36)31-23-14-13-19(4)20(5)15-23/h9-15,18,22H,8,16-17H2,1-7H3,(H,31,36). The van der Waals surface area contributed by atoms with Crippen molar-refractivity contribution in [3.63, 3.8) is 0 Å². The van der Waals surface area contributed by atoms with Crippen LogP contribution in [0.3, 0.4) is 0 Å². The first kappa shape index (κ1) is 27.6. The van der Waals surface area contributed by atoms with Crippen LogP contribution in [0.4, 0.5) is 5.69 Å². The number of carbonyl (C=O) groups excluding carboxylic acids is 2. The molecule has 8 heteroatoms. The van der Waals surface area contributed by atoms with Crippen LogP contribution in [0.15, 0.2) is 47.6 Å². The molecular weight excluding hydrogens is 494 g/mol. The zero-order chi connectivity index (χ0) is 27.6. The number of Topliss-reactive ketones (excluding diaryl/α,β-unsaturated/α-hetero) is 1. The Bertz CT molecular complexity index is 1480. The molecule has 1 amide bonds. The number of amides is 1. The number of fused-ring (bicyclic) bond motifs is 1. The van der Waals surface area contributed by atoms with E-state index in [-0.39, 0.29) is 23.4 Å². The van der Waals surface area contributed by atoms with Crippen LogP contribution in [0, 0.1) is 26.7 Å². The summed E-state index contributed by atoms with van der Waals surface area (Å²) in [5.41, 5.74) is 5.90. The Labute approximate surface area is 229 Å². The molecule has 4 rings (SSSR count). The van der Waals surface area contributed by atoms with Gasteiger partial charge in [0, 0.05) is 40.9 Å². The number of aryl methyl sites for hydroxylation is 3. The maximum atomic E-state index is 13.7. The molecule has 0 bridgehead atoms. The molecule has 1 atom stereocenters. The number of nitrogens with zero attached hydrogens (tertiary/aromatic N) is 4. The molecule has 7 nitrogen and oxygen atoms in total. The maximum Gasteiger partial charge on any atom is 0.232 e. The smallest absolute Gasteiger partial charge is 0.232 e. The molecule has 1 N–H and O–H groups in total. The van der Waals surface area contributed by atoms with E-state index >= 15 is 0 Å². The van der Waals surface area contributed by atoms with Crippen molar-refractivity contribution in [3.05, 3.63) is 70.7 Å². The summed E-state index contributed by atoms with van der Waals surface area (Å²) in [6.45, 7) is 15.8. The lowest BCUT2D eigenvalue weighted by Gasteiger charge is -2.15. The van der Waals surface area contributed by atoms with Gasteiger partial charge in [-0.15, -0.1) is 10.2 Å². The Kier molecular flexibility index (Phi) is 8.41. The predicted molar refractivity (Wildman–Crippen MR) is 155 cm³/mol. The second-order valence-electron chi connectivity index (χ2n) is 10.3. The Morgan fingerprint density at radius 1 is 0.974 bits per heavy atom.